The zero-order valence-electron chi connectivity index (χ0n) is 30.1. The highest BCUT2D eigenvalue weighted by molar-refractivity contribution is 5.39. The monoisotopic (exact) mass is 774 g/mol. The van der Waals surface area contributed by atoms with Crippen LogP contribution in [0.5, 0.6) is 0 Å². The molecule has 4 fully saturated rings. The Balaban J connectivity index is 0.000000676. The van der Waals surface area contributed by atoms with Crippen LogP contribution in [0.4, 0.5) is 0 Å². The molecule has 312 valence electrons. The van der Waals surface area contributed by atoms with Crippen LogP contribution in [-0.4, -0.2) is 154 Å². The van der Waals surface area contributed by atoms with Gasteiger partial charge in [-0.15, -0.1) is 0 Å². The van der Waals surface area contributed by atoms with Gasteiger partial charge in [0.2, 0.25) is 17.4 Å². The van der Waals surface area contributed by atoms with E-state index in [0.717, 1.165) is 0 Å². The number of carbonyl (C=O) groups excluding carboxylic acids is 4. The molecule has 0 aliphatic heterocycles. The molecule has 4 saturated carbocycles. The molecule has 0 spiro atoms. The molecule has 0 heterocycles. The molecule has 0 amide bonds. The van der Waals surface area contributed by atoms with E-state index in [-0.39, 0.29) is 89.0 Å². The summed E-state index contributed by atoms with van der Waals surface area (Å²) in [7, 11) is 0. The first kappa shape index (κ1) is 50.4. The van der Waals surface area contributed by atoms with Gasteiger partial charge in [0.05, 0.1) is 48.8 Å². The van der Waals surface area contributed by atoms with Crippen molar-refractivity contribution in [3.05, 3.63) is 0 Å². The van der Waals surface area contributed by atoms with E-state index in [1.54, 1.807) is 27.7 Å². The largest absolute Gasteiger partial charge is 0.461 e. The molecule has 0 aromatic carbocycles. The summed E-state index contributed by atoms with van der Waals surface area (Å²) in [6.07, 6.45) is -6.25. The number of hydrogen-bond donors (Lipinski definition) is 11. The van der Waals surface area contributed by atoms with Crippen LogP contribution in [0.25, 0.3) is 0 Å². The van der Waals surface area contributed by atoms with Crippen LogP contribution in [0.15, 0.2) is 0 Å². The molecule has 4 aliphatic carbocycles. The van der Waals surface area contributed by atoms with Gasteiger partial charge in [-0.1, -0.05) is 35.1 Å². The second-order valence-corrected chi connectivity index (χ2v) is 14.9. The molecule has 53 heavy (non-hydrogen) atoms. The predicted molar refractivity (Wildman–Crippen MR) is 180 cm³/mol. The fourth-order valence-electron chi connectivity index (χ4n) is 7.03. The van der Waals surface area contributed by atoms with Gasteiger partial charge >= 0.3 is 0 Å². The van der Waals surface area contributed by atoms with Crippen molar-refractivity contribution in [2.24, 2.45) is 23.7 Å². The maximum Gasteiger partial charge on any atom is 0.295 e. The molecule has 0 bridgehead atoms. The molecule has 4 rings (SSSR count). The van der Waals surface area contributed by atoms with Crippen LogP contribution < -0.4 is 0 Å². The SMILES string of the molecule is C.CC1C(O)CC(O)(OC=O)CC1O.CC1CC(C)(OC=O)CC(O)C1O.CC1CC(O)(OC=O)CC(O)C1O.CC1CC(O)(OC=O)CC(O)C1O. The van der Waals surface area contributed by atoms with E-state index >= 15 is 0 Å². The van der Waals surface area contributed by atoms with Crippen LogP contribution in [0, 0.1) is 23.7 Å². The highest BCUT2D eigenvalue weighted by atomic mass is 16.7. The number of carbonyl (C=O) groups is 4. The third-order valence-electron chi connectivity index (χ3n) is 10.1. The van der Waals surface area contributed by atoms with Crippen molar-refractivity contribution in [3.63, 3.8) is 0 Å². The minimum Gasteiger partial charge on any atom is -0.461 e. The molecule has 14 unspecified atom stereocenters. The van der Waals surface area contributed by atoms with Gasteiger partial charge in [0.1, 0.15) is 5.60 Å². The van der Waals surface area contributed by atoms with Gasteiger partial charge in [0, 0.05) is 50.9 Å². The summed E-state index contributed by atoms with van der Waals surface area (Å²) in [6.45, 7) is 9.45. The highest BCUT2D eigenvalue weighted by Gasteiger charge is 2.46. The van der Waals surface area contributed by atoms with Gasteiger partial charge in [-0.05, 0) is 31.1 Å². The summed E-state index contributed by atoms with van der Waals surface area (Å²) >= 11 is 0. The molecule has 0 aromatic heterocycles. The lowest BCUT2D eigenvalue weighted by Gasteiger charge is -2.40. The molecule has 0 radical (unpaired) electrons. The Labute approximate surface area is 309 Å². The van der Waals surface area contributed by atoms with Crippen molar-refractivity contribution < 1.29 is 94.3 Å². The van der Waals surface area contributed by atoms with Crippen LogP contribution in [-0.2, 0) is 38.1 Å². The Morgan fingerprint density at radius 2 is 0.698 bits per heavy atom. The van der Waals surface area contributed by atoms with Crippen molar-refractivity contribution in [3.8, 4) is 0 Å². The van der Waals surface area contributed by atoms with Crippen molar-refractivity contribution in [2.75, 3.05) is 0 Å². The molecule has 14 atom stereocenters. The molecule has 11 N–H and O–H groups in total. The molecular formula is C34H62O19. The molecule has 0 saturated heterocycles. The summed E-state index contributed by atoms with van der Waals surface area (Å²) < 4.78 is 18.2. The molecule has 19 heteroatoms. The fourth-order valence-corrected chi connectivity index (χ4v) is 7.03. The second-order valence-electron chi connectivity index (χ2n) is 14.9. The van der Waals surface area contributed by atoms with Gasteiger partial charge < -0.3 is 75.1 Å². The lowest BCUT2D eigenvalue weighted by atomic mass is 9.76. The smallest absolute Gasteiger partial charge is 0.295 e. The number of rotatable bonds is 8. The Bertz CT molecular complexity index is 892. The first-order valence-electron chi connectivity index (χ1n) is 17.0. The zero-order valence-corrected chi connectivity index (χ0v) is 30.1. The standard InChI is InChI=1S/C9H16O4.3C8H14O5.CH4/c1-6-3-9(2,13-5-10)4-7(11)8(6)12;1-5-6(10)2-8(12,13-4-9)3-7(5)11;2*1-5-2-8(12,13-4-9)3-6(10)7(5)11;/h5-8,11-12H,3-4H2,1-2H3;3*4-7,10-12H,2-3H2,1H3;1H4. The normalized spacial score (nSPS) is 44.8. The lowest BCUT2D eigenvalue weighted by Crippen LogP contribution is -2.50. The van der Waals surface area contributed by atoms with Crippen molar-refractivity contribution in [1.29, 1.82) is 0 Å². The van der Waals surface area contributed by atoms with Gasteiger partial charge in [0.15, 0.2) is 0 Å². The summed E-state index contributed by atoms with van der Waals surface area (Å²) in [4.78, 5) is 40.3. The van der Waals surface area contributed by atoms with Crippen LogP contribution in [0.3, 0.4) is 0 Å². The molecular weight excluding hydrogens is 712 g/mol. The van der Waals surface area contributed by atoms with Crippen molar-refractivity contribution >= 4 is 25.9 Å². The highest BCUT2D eigenvalue weighted by Crippen LogP contribution is 2.36. The van der Waals surface area contributed by atoms with Crippen LogP contribution >= 0.6 is 0 Å². The van der Waals surface area contributed by atoms with E-state index in [0.29, 0.717) is 19.3 Å². The van der Waals surface area contributed by atoms with Crippen LogP contribution in [0.1, 0.15) is 93.4 Å². The van der Waals surface area contributed by atoms with E-state index in [1.165, 1.54) is 0 Å². The third kappa shape index (κ3) is 15.2. The molecule has 4 aliphatic rings. The summed E-state index contributed by atoms with van der Waals surface area (Å²) in [5, 5.41) is 104. The van der Waals surface area contributed by atoms with E-state index < -0.39 is 71.8 Å². The van der Waals surface area contributed by atoms with E-state index in [9.17, 15) is 75.3 Å². The topological polar surface area (TPSA) is 328 Å². The number of ether oxygens (including phenoxy) is 4. The minimum atomic E-state index is -1.72. The van der Waals surface area contributed by atoms with Crippen molar-refractivity contribution in [2.45, 2.75) is 165 Å². The quantitative estimate of drug-likeness (QED) is 0.0702. The maximum atomic E-state index is 10.2. The third-order valence-corrected chi connectivity index (χ3v) is 10.1. The average molecular weight is 775 g/mol. The summed E-state index contributed by atoms with van der Waals surface area (Å²) in [5.41, 5.74) is -0.625. The maximum absolute atomic E-state index is 10.2. The minimum absolute atomic E-state index is 0. The van der Waals surface area contributed by atoms with Gasteiger partial charge in [-0.2, -0.15) is 0 Å². The average Bonchev–Trinajstić information content (AvgIpc) is 3.01. The fraction of sp³-hybridized carbons (Fsp3) is 0.882. The zero-order chi connectivity index (χ0) is 40.2. The Morgan fingerprint density at radius 1 is 0.434 bits per heavy atom. The van der Waals surface area contributed by atoms with Gasteiger partial charge in [0.25, 0.3) is 25.9 Å². The summed E-state index contributed by atoms with van der Waals surface area (Å²) in [5.74, 6) is -5.92. The predicted octanol–water partition coefficient (Wildman–Crippen LogP) is -2.29. The first-order valence-corrected chi connectivity index (χ1v) is 17.0. The van der Waals surface area contributed by atoms with Crippen molar-refractivity contribution in [1.82, 2.24) is 0 Å². The number of aliphatic hydroxyl groups is 11. The number of hydrogen-bond acceptors (Lipinski definition) is 19. The second kappa shape index (κ2) is 21.5. The Morgan fingerprint density at radius 3 is 0.981 bits per heavy atom. The van der Waals surface area contributed by atoms with E-state index in [4.69, 9.17) is 4.74 Å². The lowest BCUT2D eigenvalue weighted by molar-refractivity contribution is -0.243. The Kier molecular flexibility index (Phi) is 20.5. The summed E-state index contributed by atoms with van der Waals surface area (Å²) in [6, 6.07) is 0. The van der Waals surface area contributed by atoms with E-state index in [1.807, 2.05) is 6.92 Å². The van der Waals surface area contributed by atoms with Gasteiger partial charge in [-0.3, -0.25) is 19.2 Å². The first-order chi connectivity index (χ1) is 23.9. The molecule has 19 nitrogen and oxygen atoms in total. The van der Waals surface area contributed by atoms with Crippen LogP contribution in [0.2, 0.25) is 0 Å². The van der Waals surface area contributed by atoms with E-state index in [2.05, 4.69) is 14.2 Å². The Hall–Kier alpha value is -2.56. The number of aliphatic hydroxyl groups excluding tert-OH is 8. The van der Waals surface area contributed by atoms with Gasteiger partial charge in [-0.25, -0.2) is 0 Å². The molecule has 0 aromatic rings.